The van der Waals surface area contributed by atoms with Crippen molar-refractivity contribution < 1.29 is 13.3 Å². The van der Waals surface area contributed by atoms with E-state index in [0.717, 1.165) is 37.3 Å². The molecule has 1 aliphatic rings. The Morgan fingerprint density at radius 1 is 1.17 bits per heavy atom. The molecule has 0 radical (unpaired) electrons. The summed E-state index contributed by atoms with van der Waals surface area (Å²) in [5.74, 6) is -1.06. The van der Waals surface area contributed by atoms with Gasteiger partial charge in [-0.3, -0.25) is 5.10 Å². The Morgan fingerprint density at radius 3 is 2.79 bits per heavy atom. The molecule has 0 bridgehead atoms. The third-order valence-electron chi connectivity index (χ3n) is 3.92. The van der Waals surface area contributed by atoms with Crippen LogP contribution in [0.3, 0.4) is 0 Å². The molecule has 24 heavy (non-hydrogen) atoms. The number of aromatic nitrogens is 4. The van der Waals surface area contributed by atoms with Gasteiger partial charge >= 0.3 is 0 Å². The minimum atomic E-state index is -0.954. The van der Waals surface area contributed by atoms with Gasteiger partial charge in [-0.2, -0.15) is 10.1 Å². The summed E-state index contributed by atoms with van der Waals surface area (Å²) in [7, 11) is 0. The van der Waals surface area contributed by atoms with Gasteiger partial charge in [-0.15, -0.1) is 12.4 Å². The van der Waals surface area contributed by atoms with Crippen LogP contribution in [0, 0.1) is 11.6 Å². The maximum Gasteiger partial charge on any atom is 0.278 e. The molecule has 0 aliphatic carbocycles. The number of halogens is 3. The van der Waals surface area contributed by atoms with Crippen molar-refractivity contribution >= 4 is 12.4 Å². The Hall–Kier alpha value is -2.32. The normalized spacial score (nSPS) is 17.0. The van der Waals surface area contributed by atoms with Crippen LogP contribution in [-0.4, -0.2) is 33.4 Å². The largest absolute Gasteiger partial charge is 0.332 e. The smallest absolute Gasteiger partial charge is 0.278 e. The first-order chi connectivity index (χ1) is 11.2. The number of nitrogens with one attached hydrogen (secondary N) is 2. The Morgan fingerprint density at radius 2 is 2.04 bits per heavy atom. The van der Waals surface area contributed by atoms with Crippen LogP contribution < -0.4 is 5.32 Å². The molecule has 4 rings (SSSR count). The van der Waals surface area contributed by atoms with Gasteiger partial charge in [0.25, 0.3) is 5.89 Å². The predicted molar refractivity (Wildman–Crippen MR) is 84.7 cm³/mol. The lowest BCUT2D eigenvalue weighted by Crippen LogP contribution is -2.08. The molecule has 9 heteroatoms. The molecule has 1 aliphatic heterocycles. The lowest BCUT2D eigenvalue weighted by molar-refractivity contribution is 0.431. The van der Waals surface area contributed by atoms with Gasteiger partial charge in [-0.05, 0) is 37.2 Å². The molecule has 2 aromatic heterocycles. The van der Waals surface area contributed by atoms with Crippen molar-refractivity contribution in [2.75, 3.05) is 13.1 Å². The first kappa shape index (κ1) is 16.5. The van der Waals surface area contributed by atoms with Crippen LogP contribution >= 0.6 is 12.4 Å². The van der Waals surface area contributed by atoms with Gasteiger partial charge in [-0.25, -0.2) is 8.78 Å². The van der Waals surface area contributed by atoms with E-state index < -0.39 is 11.6 Å². The fourth-order valence-corrected chi connectivity index (χ4v) is 2.66. The first-order valence-electron chi connectivity index (χ1n) is 7.26. The van der Waals surface area contributed by atoms with Gasteiger partial charge < -0.3 is 9.84 Å². The second-order valence-electron chi connectivity index (χ2n) is 5.45. The summed E-state index contributed by atoms with van der Waals surface area (Å²) in [5, 5.41) is 14.3. The van der Waals surface area contributed by atoms with Crippen molar-refractivity contribution in [1.82, 2.24) is 25.7 Å². The van der Waals surface area contributed by atoms with Crippen molar-refractivity contribution in [2.24, 2.45) is 0 Å². The minimum Gasteiger partial charge on any atom is -0.332 e. The van der Waals surface area contributed by atoms with Crippen LogP contribution in [0.5, 0.6) is 0 Å². The Labute approximate surface area is 142 Å². The molecule has 1 atom stereocenters. The number of hydrogen-bond donors (Lipinski definition) is 2. The van der Waals surface area contributed by atoms with Gasteiger partial charge in [0.15, 0.2) is 17.3 Å². The van der Waals surface area contributed by atoms with E-state index in [1.165, 1.54) is 6.07 Å². The molecule has 6 nitrogen and oxygen atoms in total. The average molecular weight is 354 g/mol. The maximum atomic E-state index is 13.3. The van der Waals surface area contributed by atoms with E-state index in [0.29, 0.717) is 17.2 Å². The molecule has 1 unspecified atom stereocenters. The fourth-order valence-electron chi connectivity index (χ4n) is 2.66. The van der Waals surface area contributed by atoms with Crippen LogP contribution in [0.25, 0.3) is 23.0 Å². The standard InChI is InChI=1S/C15H13F2N5O.ClH/c16-10-2-1-8(5-11(10)17)14-19-15(23-22-14)13-6-12(20-21-13)9-3-4-18-7-9;/h1-2,5-6,9,18H,3-4,7H2,(H,20,21);1H. The molecule has 1 fully saturated rings. The third kappa shape index (κ3) is 3.02. The van der Waals surface area contributed by atoms with E-state index in [9.17, 15) is 8.78 Å². The second-order valence-corrected chi connectivity index (χ2v) is 5.45. The number of aromatic amines is 1. The topological polar surface area (TPSA) is 79.6 Å². The van der Waals surface area contributed by atoms with Crippen LogP contribution in [0.4, 0.5) is 8.78 Å². The Bertz CT molecular complexity index is 844. The van der Waals surface area contributed by atoms with Gasteiger partial charge in [0.2, 0.25) is 5.82 Å². The highest BCUT2D eigenvalue weighted by Gasteiger charge is 2.21. The zero-order valence-electron chi connectivity index (χ0n) is 12.4. The molecule has 126 valence electrons. The highest BCUT2D eigenvalue weighted by atomic mass is 35.5. The summed E-state index contributed by atoms with van der Waals surface area (Å²) in [6.45, 7) is 1.89. The van der Waals surface area contributed by atoms with Gasteiger partial charge in [0.1, 0.15) is 0 Å². The summed E-state index contributed by atoms with van der Waals surface area (Å²) in [6, 6.07) is 5.33. The third-order valence-corrected chi connectivity index (χ3v) is 3.92. The molecular formula is C15H14ClF2N5O. The number of rotatable bonds is 3. The van der Waals surface area contributed by atoms with Crippen LogP contribution in [0.2, 0.25) is 0 Å². The zero-order chi connectivity index (χ0) is 15.8. The van der Waals surface area contributed by atoms with E-state index in [-0.39, 0.29) is 24.1 Å². The maximum absolute atomic E-state index is 13.3. The van der Waals surface area contributed by atoms with Crippen molar-refractivity contribution in [2.45, 2.75) is 12.3 Å². The number of benzene rings is 1. The van der Waals surface area contributed by atoms with Crippen molar-refractivity contribution in [3.05, 3.63) is 41.6 Å². The number of nitrogens with zero attached hydrogens (tertiary/aromatic N) is 3. The number of hydrogen-bond acceptors (Lipinski definition) is 5. The van der Waals surface area contributed by atoms with Crippen molar-refractivity contribution in [1.29, 1.82) is 0 Å². The van der Waals surface area contributed by atoms with Crippen molar-refractivity contribution in [3.63, 3.8) is 0 Å². The lowest BCUT2D eigenvalue weighted by Gasteiger charge is -2.02. The highest BCUT2D eigenvalue weighted by molar-refractivity contribution is 5.85. The molecule has 1 aromatic carbocycles. The van der Waals surface area contributed by atoms with Crippen LogP contribution in [0.15, 0.2) is 28.8 Å². The van der Waals surface area contributed by atoms with Crippen LogP contribution in [-0.2, 0) is 0 Å². The summed E-state index contributed by atoms with van der Waals surface area (Å²) in [4.78, 5) is 4.20. The summed E-state index contributed by atoms with van der Waals surface area (Å²) < 4.78 is 31.4. The molecule has 1 saturated heterocycles. The monoisotopic (exact) mass is 353 g/mol. The Balaban J connectivity index is 0.00000169. The quantitative estimate of drug-likeness (QED) is 0.757. The molecule has 3 heterocycles. The van der Waals surface area contributed by atoms with Crippen LogP contribution in [0.1, 0.15) is 18.0 Å². The zero-order valence-corrected chi connectivity index (χ0v) is 13.2. The predicted octanol–water partition coefficient (Wildman–Crippen LogP) is 2.90. The molecule has 0 saturated carbocycles. The summed E-state index contributed by atoms with van der Waals surface area (Å²) >= 11 is 0. The number of H-pyrrole nitrogens is 1. The van der Waals surface area contributed by atoms with E-state index in [1.807, 2.05) is 6.07 Å². The SMILES string of the molecule is Cl.Fc1ccc(-c2noc(-c3cc(C4CCNC4)[nH]n3)n2)cc1F. The highest BCUT2D eigenvalue weighted by Crippen LogP contribution is 2.26. The average Bonchev–Trinajstić information content (AvgIpc) is 3.30. The van der Waals surface area contributed by atoms with Gasteiger partial charge in [0.05, 0.1) is 0 Å². The molecule has 3 aromatic rings. The Kier molecular flexibility index (Phi) is 4.59. The van der Waals surface area contributed by atoms with Gasteiger partial charge in [0, 0.05) is 23.7 Å². The van der Waals surface area contributed by atoms with E-state index in [2.05, 4.69) is 25.7 Å². The fraction of sp³-hybridized carbons (Fsp3) is 0.267. The van der Waals surface area contributed by atoms with E-state index >= 15 is 0 Å². The first-order valence-corrected chi connectivity index (χ1v) is 7.26. The molecule has 0 spiro atoms. The second kappa shape index (κ2) is 6.66. The summed E-state index contributed by atoms with van der Waals surface area (Å²) in [5.41, 5.74) is 1.89. The van der Waals surface area contributed by atoms with Crippen molar-refractivity contribution in [3.8, 4) is 23.0 Å². The molecule has 2 N–H and O–H groups in total. The lowest BCUT2D eigenvalue weighted by atomic mass is 10.1. The van der Waals surface area contributed by atoms with E-state index in [1.54, 1.807) is 0 Å². The summed E-state index contributed by atoms with van der Waals surface area (Å²) in [6.07, 6.45) is 1.05. The molecule has 0 amide bonds. The van der Waals surface area contributed by atoms with Gasteiger partial charge in [-0.1, -0.05) is 5.16 Å². The molecular weight excluding hydrogens is 340 g/mol. The van der Waals surface area contributed by atoms with E-state index in [4.69, 9.17) is 4.52 Å². The minimum absolute atomic E-state index is 0.